The van der Waals surface area contributed by atoms with Gasteiger partial charge in [0, 0.05) is 33.0 Å². The molecule has 0 aliphatic rings. The fourth-order valence-electron chi connectivity index (χ4n) is 4.44. The van der Waals surface area contributed by atoms with Crippen LogP contribution in [0.25, 0.3) is 0 Å². The lowest BCUT2D eigenvalue weighted by molar-refractivity contribution is -0.141. The number of sulfonamides is 1. The molecule has 0 unspecified atom stereocenters. The molecule has 3 aromatic carbocycles. The smallest absolute Gasteiger partial charge is 0.242 e. The highest BCUT2D eigenvalue weighted by molar-refractivity contribution is 7.92. The van der Waals surface area contributed by atoms with Crippen LogP contribution >= 0.6 is 0 Å². The van der Waals surface area contributed by atoms with Gasteiger partial charge in [0.05, 0.1) is 11.9 Å². The van der Waals surface area contributed by atoms with Crippen molar-refractivity contribution in [3.63, 3.8) is 0 Å². The van der Waals surface area contributed by atoms with Crippen LogP contribution in [0.4, 0.5) is 5.69 Å². The van der Waals surface area contributed by atoms with E-state index in [1.165, 1.54) is 10.6 Å². The fraction of sp³-hybridized carbons (Fsp3) is 0.333. The average Bonchev–Trinajstić information content (AvgIpc) is 2.89. The van der Waals surface area contributed by atoms with Crippen LogP contribution in [0.2, 0.25) is 0 Å². The number of carbonyl (C=O) groups is 2. The van der Waals surface area contributed by atoms with Crippen LogP contribution in [-0.2, 0) is 32.6 Å². The Balaban J connectivity index is 1.84. The largest absolute Gasteiger partial charge is 0.357 e. The number of likely N-dealkylation sites (N-methyl/N-ethyl adjacent to an activating group) is 1. The number of nitrogens with zero attached hydrogens (tertiary/aromatic N) is 2. The van der Waals surface area contributed by atoms with Gasteiger partial charge < -0.3 is 10.2 Å². The zero-order valence-corrected chi connectivity index (χ0v) is 23.4. The van der Waals surface area contributed by atoms with Gasteiger partial charge in [-0.2, -0.15) is 0 Å². The van der Waals surface area contributed by atoms with Crippen LogP contribution in [-0.4, -0.2) is 51.0 Å². The lowest BCUT2D eigenvalue weighted by Crippen LogP contribution is -2.49. The maximum atomic E-state index is 13.7. The van der Waals surface area contributed by atoms with Crippen molar-refractivity contribution >= 4 is 27.5 Å². The summed E-state index contributed by atoms with van der Waals surface area (Å²) in [6.07, 6.45) is 1.96. The quantitative estimate of drug-likeness (QED) is 0.376. The number of amides is 2. The van der Waals surface area contributed by atoms with Gasteiger partial charge in [-0.25, -0.2) is 8.42 Å². The van der Waals surface area contributed by atoms with Gasteiger partial charge in [0.1, 0.15) is 6.04 Å². The van der Waals surface area contributed by atoms with Crippen LogP contribution < -0.4 is 9.62 Å². The van der Waals surface area contributed by atoms with Gasteiger partial charge in [-0.1, -0.05) is 78.4 Å². The monoisotopic (exact) mass is 535 g/mol. The molecule has 0 aromatic heterocycles. The van der Waals surface area contributed by atoms with E-state index in [1.807, 2.05) is 80.6 Å². The second-order valence-electron chi connectivity index (χ2n) is 9.55. The molecular formula is C30H37N3O4S. The molecule has 1 atom stereocenters. The number of carbonyl (C=O) groups excluding carboxylic acids is 2. The van der Waals surface area contributed by atoms with Gasteiger partial charge in [0.2, 0.25) is 21.8 Å². The Bertz CT molecular complexity index is 1330. The molecule has 2 amide bonds. The normalized spacial score (nSPS) is 12.0. The molecule has 7 nitrogen and oxygen atoms in total. The number of anilines is 1. The first-order chi connectivity index (χ1) is 18.1. The molecule has 0 spiro atoms. The van der Waals surface area contributed by atoms with Crippen molar-refractivity contribution in [2.75, 3.05) is 24.2 Å². The molecule has 8 heteroatoms. The van der Waals surface area contributed by atoms with Gasteiger partial charge >= 0.3 is 0 Å². The second kappa shape index (κ2) is 13.2. The summed E-state index contributed by atoms with van der Waals surface area (Å²) in [6.45, 7) is 4.30. The summed E-state index contributed by atoms with van der Waals surface area (Å²) >= 11 is 0. The lowest BCUT2D eigenvalue weighted by Gasteiger charge is -2.31. The maximum Gasteiger partial charge on any atom is 0.242 e. The number of aryl methyl sites for hydroxylation is 2. The summed E-state index contributed by atoms with van der Waals surface area (Å²) in [4.78, 5) is 28.3. The number of rotatable bonds is 12. The van der Waals surface area contributed by atoms with E-state index in [4.69, 9.17) is 0 Å². The summed E-state index contributed by atoms with van der Waals surface area (Å²) in [7, 11) is -1.97. The molecule has 0 saturated heterocycles. The van der Waals surface area contributed by atoms with Crippen LogP contribution in [0, 0.1) is 13.8 Å². The Morgan fingerprint density at radius 2 is 1.50 bits per heavy atom. The van der Waals surface area contributed by atoms with Crippen molar-refractivity contribution in [1.82, 2.24) is 10.2 Å². The molecule has 202 valence electrons. The highest BCUT2D eigenvalue weighted by Crippen LogP contribution is 2.23. The molecule has 38 heavy (non-hydrogen) atoms. The maximum absolute atomic E-state index is 13.7. The molecule has 0 heterocycles. The summed E-state index contributed by atoms with van der Waals surface area (Å²) in [5.41, 5.74) is 4.42. The van der Waals surface area contributed by atoms with Crippen molar-refractivity contribution in [2.24, 2.45) is 0 Å². The van der Waals surface area contributed by atoms with E-state index in [0.717, 1.165) is 22.3 Å². The predicted octanol–water partition coefficient (Wildman–Crippen LogP) is 4.24. The average molecular weight is 536 g/mol. The second-order valence-corrected chi connectivity index (χ2v) is 11.5. The lowest BCUT2D eigenvalue weighted by atomic mass is 10.0. The van der Waals surface area contributed by atoms with Gasteiger partial charge in [-0.15, -0.1) is 0 Å². The minimum atomic E-state index is -3.54. The highest BCUT2D eigenvalue weighted by atomic mass is 32.2. The molecule has 0 saturated carbocycles. The molecule has 0 aliphatic heterocycles. The third-order valence-corrected chi connectivity index (χ3v) is 7.71. The van der Waals surface area contributed by atoms with Crippen molar-refractivity contribution in [3.8, 4) is 0 Å². The van der Waals surface area contributed by atoms with E-state index in [9.17, 15) is 18.0 Å². The van der Waals surface area contributed by atoms with E-state index in [0.29, 0.717) is 18.5 Å². The number of benzene rings is 3. The van der Waals surface area contributed by atoms with Crippen molar-refractivity contribution in [2.45, 2.75) is 45.7 Å². The van der Waals surface area contributed by atoms with Crippen LogP contribution in [0.5, 0.6) is 0 Å². The van der Waals surface area contributed by atoms with Gasteiger partial charge in [-0.05, 0) is 43.0 Å². The minimum Gasteiger partial charge on any atom is -0.357 e. The Morgan fingerprint density at radius 3 is 2.11 bits per heavy atom. The Hall–Kier alpha value is -3.65. The predicted molar refractivity (Wildman–Crippen MR) is 152 cm³/mol. The van der Waals surface area contributed by atoms with E-state index < -0.39 is 16.1 Å². The van der Waals surface area contributed by atoms with E-state index in [2.05, 4.69) is 5.32 Å². The molecule has 0 fully saturated rings. The van der Waals surface area contributed by atoms with Crippen molar-refractivity contribution < 1.29 is 18.0 Å². The number of hydrogen-bond donors (Lipinski definition) is 1. The van der Waals surface area contributed by atoms with Gasteiger partial charge in [0.25, 0.3) is 0 Å². The van der Waals surface area contributed by atoms with E-state index in [1.54, 1.807) is 24.1 Å². The standard InChI is InChI=1S/C30H37N3O4S/c1-23-16-18-26(19-17-23)22-32(28(30(35)31-3)21-25-12-6-5-7-13-25)29(34)15-10-20-33(38(4,36)37)27-14-9-8-11-24(27)2/h5-9,11-14,16-19,28H,10,15,20-22H2,1-4H3,(H,31,35)/t28-/m0/s1. The van der Waals surface area contributed by atoms with E-state index >= 15 is 0 Å². The van der Waals surface area contributed by atoms with Crippen molar-refractivity contribution in [3.05, 3.63) is 101 Å². The van der Waals surface area contributed by atoms with Gasteiger partial charge in [-0.3, -0.25) is 13.9 Å². The number of nitrogens with one attached hydrogen (secondary N) is 1. The van der Waals surface area contributed by atoms with Crippen LogP contribution in [0.3, 0.4) is 0 Å². The number of hydrogen-bond acceptors (Lipinski definition) is 4. The highest BCUT2D eigenvalue weighted by Gasteiger charge is 2.30. The summed E-state index contributed by atoms with van der Waals surface area (Å²) in [5, 5.41) is 2.72. The summed E-state index contributed by atoms with van der Waals surface area (Å²) in [5.74, 6) is -0.444. The zero-order chi connectivity index (χ0) is 27.7. The Morgan fingerprint density at radius 1 is 0.868 bits per heavy atom. The first-order valence-electron chi connectivity index (χ1n) is 12.7. The van der Waals surface area contributed by atoms with Crippen LogP contribution in [0.1, 0.15) is 35.1 Å². The Labute approximate surface area is 226 Å². The third-order valence-electron chi connectivity index (χ3n) is 6.53. The fourth-order valence-corrected chi connectivity index (χ4v) is 5.46. The van der Waals surface area contributed by atoms with E-state index in [-0.39, 0.29) is 31.3 Å². The summed E-state index contributed by atoms with van der Waals surface area (Å²) < 4.78 is 26.5. The molecule has 0 bridgehead atoms. The van der Waals surface area contributed by atoms with Gasteiger partial charge in [0.15, 0.2) is 0 Å². The van der Waals surface area contributed by atoms with Crippen molar-refractivity contribution in [1.29, 1.82) is 0 Å². The molecule has 0 aliphatic carbocycles. The minimum absolute atomic E-state index is 0.103. The molecule has 0 radical (unpaired) electrons. The number of para-hydroxylation sites is 1. The SMILES string of the molecule is CNC(=O)[C@H](Cc1ccccc1)N(Cc1ccc(C)cc1)C(=O)CCCN(c1ccccc1C)S(C)(=O)=O. The molecule has 3 rings (SSSR count). The Kier molecular flexibility index (Phi) is 10.1. The van der Waals surface area contributed by atoms with Crippen LogP contribution in [0.15, 0.2) is 78.9 Å². The molecule has 3 aromatic rings. The topological polar surface area (TPSA) is 86.8 Å². The zero-order valence-electron chi connectivity index (χ0n) is 22.6. The molecular weight excluding hydrogens is 498 g/mol. The first kappa shape index (κ1) is 28.9. The third kappa shape index (κ3) is 7.92. The summed E-state index contributed by atoms with van der Waals surface area (Å²) in [6, 6.07) is 24.1. The first-order valence-corrected chi connectivity index (χ1v) is 14.6. The molecule has 1 N–H and O–H groups in total.